The fraction of sp³-hybridized carbons (Fsp3) is 0.455. The molecule has 3 nitrogen and oxygen atoms in total. The zero-order chi connectivity index (χ0) is 13.3. The number of nitrogens with zero attached hydrogens (tertiary/aromatic N) is 1. The van der Waals surface area contributed by atoms with Crippen LogP contribution in [0.3, 0.4) is 0 Å². The second-order valence-electron chi connectivity index (χ2n) is 4.12. The first-order chi connectivity index (χ1) is 8.41. The number of hydrogen-bond donors (Lipinski definition) is 0. The molecule has 1 aromatic carbocycles. The van der Waals surface area contributed by atoms with Crippen LogP contribution < -0.4 is 0 Å². The lowest BCUT2D eigenvalue weighted by Gasteiger charge is -2.29. The fourth-order valence-electron chi connectivity index (χ4n) is 1.79. The van der Waals surface area contributed by atoms with Gasteiger partial charge in [0.05, 0.1) is 9.92 Å². The second kappa shape index (κ2) is 5.71. The summed E-state index contributed by atoms with van der Waals surface area (Å²) in [6.07, 6.45) is 0. The van der Waals surface area contributed by atoms with E-state index in [1.54, 1.807) is 34.3 Å². The summed E-state index contributed by atoms with van der Waals surface area (Å²) in [5.41, 5.74) is 0. The van der Waals surface area contributed by atoms with Crippen LogP contribution in [-0.2, 0) is 10.0 Å². The standard InChI is InChI=1S/C11H13BrClNO2S2/c1-8-7-14(4-5-17-8)18(15,16)9-2-3-11(13)10(12)6-9/h2-3,6,8H,4-5,7H2,1H3. The summed E-state index contributed by atoms with van der Waals surface area (Å²) < 4.78 is 27.0. The summed E-state index contributed by atoms with van der Waals surface area (Å²) in [5, 5.41) is 0.848. The van der Waals surface area contributed by atoms with Gasteiger partial charge in [0.25, 0.3) is 0 Å². The van der Waals surface area contributed by atoms with Gasteiger partial charge in [-0.3, -0.25) is 0 Å². The van der Waals surface area contributed by atoms with Crippen molar-refractivity contribution < 1.29 is 8.42 Å². The molecule has 0 saturated carbocycles. The van der Waals surface area contributed by atoms with Crippen molar-refractivity contribution in [1.82, 2.24) is 4.31 Å². The molecule has 100 valence electrons. The first-order valence-corrected chi connectivity index (χ1v) is 9.14. The maximum absolute atomic E-state index is 12.4. The van der Waals surface area contributed by atoms with Crippen LogP contribution in [0.4, 0.5) is 0 Å². The molecule has 0 aliphatic carbocycles. The average molecular weight is 371 g/mol. The van der Waals surface area contributed by atoms with E-state index < -0.39 is 10.0 Å². The largest absolute Gasteiger partial charge is 0.243 e. The molecule has 1 fully saturated rings. The van der Waals surface area contributed by atoms with Gasteiger partial charge < -0.3 is 0 Å². The van der Waals surface area contributed by atoms with Gasteiger partial charge in [0.1, 0.15) is 0 Å². The zero-order valence-electron chi connectivity index (χ0n) is 9.77. The van der Waals surface area contributed by atoms with Crippen molar-refractivity contribution in [1.29, 1.82) is 0 Å². The molecule has 0 spiro atoms. The van der Waals surface area contributed by atoms with Crippen molar-refractivity contribution in [2.24, 2.45) is 0 Å². The van der Waals surface area contributed by atoms with Crippen LogP contribution in [0.15, 0.2) is 27.6 Å². The van der Waals surface area contributed by atoms with E-state index in [2.05, 4.69) is 15.9 Å². The minimum atomic E-state index is -3.40. The van der Waals surface area contributed by atoms with E-state index in [4.69, 9.17) is 11.6 Å². The topological polar surface area (TPSA) is 37.4 Å². The molecule has 1 aliphatic heterocycles. The van der Waals surface area contributed by atoms with Crippen molar-refractivity contribution >= 4 is 49.3 Å². The maximum Gasteiger partial charge on any atom is 0.243 e. The molecule has 1 atom stereocenters. The molecule has 2 rings (SSSR count). The SMILES string of the molecule is CC1CN(S(=O)(=O)c2ccc(Cl)c(Br)c2)CCS1. The molecule has 1 saturated heterocycles. The lowest BCUT2D eigenvalue weighted by molar-refractivity contribution is 0.424. The van der Waals surface area contributed by atoms with E-state index in [1.807, 2.05) is 6.92 Å². The third kappa shape index (κ3) is 3.04. The van der Waals surface area contributed by atoms with Crippen LogP contribution in [0, 0.1) is 0 Å². The average Bonchev–Trinajstić information content (AvgIpc) is 2.32. The monoisotopic (exact) mass is 369 g/mol. The summed E-state index contributed by atoms with van der Waals surface area (Å²) in [7, 11) is -3.40. The summed E-state index contributed by atoms with van der Waals surface area (Å²) in [4.78, 5) is 0.290. The summed E-state index contributed by atoms with van der Waals surface area (Å²) in [6.45, 7) is 3.18. The van der Waals surface area contributed by atoms with Crippen molar-refractivity contribution in [3.63, 3.8) is 0 Å². The van der Waals surface area contributed by atoms with E-state index in [9.17, 15) is 8.42 Å². The molecular weight excluding hydrogens is 358 g/mol. The molecule has 0 N–H and O–H groups in total. The molecule has 7 heteroatoms. The highest BCUT2D eigenvalue weighted by atomic mass is 79.9. The second-order valence-corrected chi connectivity index (χ2v) is 8.87. The summed E-state index contributed by atoms with van der Waals surface area (Å²) in [6, 6.07) is 4.71. The molecule has 0 aromatic heterocycles. The Hall–Kier alpha value is 0.250. The lowest BCUT2D eigenvalue weighted by Crippen LogP contribution is -2.40. The smallest absolute Gasteiger partial charge is 0.207 e. The fourth-order valence-corrected chi connectivity index (χ4v) is 5.22. The molecule has 1 aromatic rings. The molecule has 1 aliphatic rings. The van der Waals surface area contributed by atoms with Gasteiger partial charge in [-0.2, -0.15) is 16.1 Å². The van der Waals surface area contributed by atoms with Crippen LogP contribution in [-0.4, -0.2) is 36.8 Å². The van der Waals surface area contributed by atoms with Crippen molar-refractivity contribution in [2.75, 3.05) is 18.8 Å². The minimum Gasteiger partial charge on any atom is -0.207 e. The number of halogens is 2. The molecule has 0 radical (unpaired) electrons. The Bertz CT molecular complexity index is 550. The highest BCUT2D eigenvalue weighted by molar-refractivity contribution is 9.10. The number of sulfonamides is 1. The van der Waals surface area contributed by atoms with Crippen LogP contribution in [0.25, 0.3) is 0 Å². The van der Waals surface area contributed by atoms with Gasteiger partial charge in [-0.05, 0) is 34.1 Å². The Morgan fingerprint density at radius 3 is 2.83 bits per heavy atom. The van der Waals surface area contributed by atoms with Gasteiger partial charge in [0, 0.05) is 28.6 Å². The maximum atomic E-state index is 12.4. The van der Waals surface area contributed by atoms with Gasteiger partial charge in [-0.1, -0.05) is 18.5 Å². The van der Waals surface area contributed by atoms with E-state index in [-0.39, 0.29) is 4.90 Å². The lowest BCUT2D eigenvalue weighted by atomic mass is 10.4. The summed E-state index contributed by atoms with van der Waals surface area (Å²) in [5.74, 6) is 0.842. The quantitative estimate of drug-likeness (QED) is 0.802. The van der Waals surface area contributed by atoms with E-state index in [0.717, 1.165) is 5.75 Å². The molecule has 18 heavy (non-hydrogen) atoms. The van der Waals surface area contributed by atoms with E-state index in [0.29, 0.717) is 27.8 Å². The predicted octanol–water partition coefficient (Wildman–Crippen LogP) is 3.23. The van der Waals surface area contributed by atoms with Crippen LogP contribution in [0.5, 0.6) is 0 Å². The van der Waals surface area contributed by atoms with Gasteiger partial charge in [0.15, 0.2) is 0 Å². The Kier molecular flexibility index (Phi) is 4.65. The van der Waals surface area contributed by atoms with Gasteiger partial charge in [0.2, 0.25) is 10.0 Å². The van der Waals surface area contributed by atoms with Crippen LogP contribution in [0.1, 0.15) is 6.92 Å². The normalized spacial score (nSPS) is 22.1. The van der Waals surface area contributed by atoms with Gasteiger partial charge in [-0.15, -0.1) is 0 Å². The zero-order valence-corrected chi connectivity index (χ0v) is 13.7. The van der Waals surface area contributed by atoms with Crippen molar-refractivity contribution in [2.45, 2.75) is 17.1 Å². The highest BCUT2D eigenvalue weighted by Crippen LogP contribution is 2.29. The Morgan fingerprint density at radius 2 is 2.22 bits per heavy atom. The van der Waals surface area contributed by atoms with Crippen LogP contribution in [0.2, 0.25) is 5.02 Å². The number of hydrogen-bond acceptors (Lipinski definition) is 3. The molecule has 1 heterocycles. The minimum absolute atomic E-state index is 0.290. The molecule has 0 bridgehead atoms. The summed E-state index contributed by atoms with van der Waals surface area (Å²) >= 11 is 10.9. The third-order valence-corrected chi connectivity index (χ3v) is 6.94. The molecule has 0 amide bonds. The number of benzene rings is 1. The van der Waals surface area contributed by atoms with Crippen molar-refractivity contribution in [3.8, 4) is 0 Å². The first-order valence-electron chi connectivity index (χ1n) is 5.48. The van der Waals surface area contributed by atoms with E-state index in [1.165, 1.54) is 0 Å². The predicted molar refractivity (Wildman–Crippen MR) is 79.8 cm³/mol. The number of rotatable bonds is 2. The highest BCUT2D eigenvalue weighted by Gasteiger charge is 2.29. The Balaban J connectivity index is 2.32. The third-order valence-electron chi connectivity index (χ3n) is 2.73. The number of thioether (sulfide) groups is 1. The molecule has 1 unspecified atom stereocenters. The Labute approximate surface area is 125 Å². The first kappa shape index (κ1) is 14.7. The van der Waals surface area contributed by atoms with Gasteiger partial charge in [-0.25, -0.2) is 8.42 Å². The van der Waals surface area contributed by atoms with E-state index >= 15 is 0 Å². The van der Waals surface area contributed by atoms with Crippen molar-refractivity contribution in [3.05, 3.63) is 27.7 Å². The molecular formula is C11H13BrClNO2S2. The van der Waals surface area contributed by atoms with Crippen LogP contribution >= 0.6 is 39.3 Å². The Morgan fingerprint density at radius 1 is 1.50 bits per heavy atom. The van der Waals surface area contributed by atoms with Gasteiger partial charge >= 0.3 is 0 Å².